The molecule has 1 aliphatic heterocycles. The molecule has 0 aromatic carbocycles. The Balaban J connectivity index is 2.32. The van der Waals surface area contributed by atoms with Crippen molar-refractivity contribution in [2.75, 3.05) is 13.7 Å². The number of ether oxygens (including phenoxy) is 1. The number of carbonyl (C=O) groups is 2. The smallest absolute Gasteiger partial charge is 0.326 e. The van der Waals surface area contributed by atoms with Crippen molar-refractivity contribution in [2.24, 2.45) is 0 Å². The van der Waals surface area contributed by atoms with Gasteiger partial charge in [-0.1, -0.05) is 0 Å². The maximum Gasteiger partial charge on any atom is 0.326 e. The van der Waals surface area contributed by atoms with Gasteiger partial charge in [-0.05, 0) is 38.3 Å². The second kappa shape index (κ2) is 5.90. The monoisotopic (exact) mass is 278 g/mol. The van der Waals surface area contributed by atoms with Crippen LogP contribution in [0.2, 0.25) is 0 Å². The first-order valence-electron chi connectivity index (χ1n) is 6.60. The van der Waals surface area contributed by atoms with Gasteiger partial charge in [-0.25, -0.2) is 9.78 Å². The normalized spacial score (nSPS) is 18.7. The van der Waals surface area contributed by atoms with Crippen LogP contribution in [-0.4, -0.2) is 46.6 Å². The quantitative estimate of drug-likeness (QED) is 0.905. The highest BCUT2D eigenvalue weighted by Gasteiger charge is 2.33. The molecule has 1 N–H and O–H groups in total. The third kappa shape index (κ3) is 2.74. The number of rotatable bonds is 3. The number of likely N-dealkylation sites (tertiary alicyclic amines) is 1. The van der Waals surface area contributed by atoms with Gasteiger partial charge < -0.3 is 14.7 Å². The van der Waals surface area contributed by atoms with Gasteiger partial charge in [0.15, 0.2) is 0 Å². The Hall–Kier alpha value is -2.11. The molecular formula is C14H18N2O4. The SMILES string of the molecule is COc1nc(C)ccc1C(=O)N1CCCCC1C(=O)O. The van der Waals surface area contributed by atoms with Crippen molar-refractivity contribution in [2.45, 2.75) is 32.2 Å². The summed E-state index contributed by atoms with van der Waals surface area (Å²) in [5, 5.41) is 9.23. The van der Waals surface area contributed by atoms with Crippen LogP contribution in [0.15, 0.2) is 12.1 Å². The fraction of sp³-hybridized carbons (Fsp3) is 0.500. The van der Waals surface area contributed by atoms with Crippen LogP contribution >= 0.6 is 0 Å². The molecule has 1 fully saturated rings. The molecule has 0 radical (unpaired) electrons. The summed E-state index contributed by atoms with van der Waals surface area (Å²) >= 11 is 0. The number of aryl methyl sites for hydroxylation is 1. The minimum atomic E-state index is -0.961. The van der Waals surface area contributed by atoms with E-state index in [4.69, 9.17) is 4.74 Å². The number of hydrogen-bond donors (Lipinski definition) is 1. The van der Waals surface area contributed by atoms with E-state index in [1.807, 2.05) is 0 Å². The molecule has 108 valence electrons. The van der Waals surface area contributed by atoms with E-state index in [2.05, 4.69) is 4.98 Å². The Morgan fingerprint density at radius 1 is 1.40 bits per heavy atom. The number of aliphatic carboxylic acids is 1. The van der Waals surface area contributed by atoms with Gasteiger partial charge in [-0.15, -0.1) is 0 Å². The average molecular weight is 278 g/mol. The zero-order valence-corrected chi connectivity index (χ0v) is 11.6. The second-order valence-electron chi connectivity index (χ2n) is 4.86. The molecule has 6 nitrogen and oxygen atoms in total. The third-order valence-electron chi connectivity index (χ3n) is 3.47. The van der Waals surface area contributed by atoms with E-state index < -0.39 is 12.0 Å². The van der Waals surface area contributed by atoms with E-state index in [9.17, 15) is 14.7 Å². The first-order chi connectivity index (χ1) is 9.54. The zero-order valence-electron chi connectivity index (χ0n) is 11.6. The maximum atomic E-state index is 12.5. The van der Waals surface area contributed by atoms with Crippen molar-refractivity contribution in [3.63, 3.8) is 0 Å². The molecule has 1 aromatic rings. The number of hydrogen-bond acceptors (Lipinski definition) is 4. The molecule has 0 aliphatic carbocycles. The highest BCUT2D eigenvalue weighted by atomic mass is 16.5. The topological polar surface area (TPSA) is 79.7 Å². The summed E-state index contributed by atoms with van der Waals surface area (Å²) in [5.74, 6) is -1.05. The molecule has 0 bridgehead atoms. The average Bonchev–Trinajstić information content (AvgIpc) is 2.46. The molecule has 6 heteroatoms. The van der Waals surface area contributed by atoms with Crippen LogP contribution in [-0.2, 0) is 4.79 Å². The predicted molar refractivity (Wildman–Crippen MR) is 71.8 cm³/mol. The fourth-order valence-electron chi connectivity index (χ4n) is 2.44. The van der Waals surface area contributed by atoms with Crippen molar-refractivity contribution in [3.05, 3.63) is 23.4 Å². The Kier molecular flexibility index (Phi) is 4.22. The van der Waals surface area contributed by atoms with Crippen LogP contribution in [0.25, 0.3) is 0 Å². The number of carbonyl (C=O) groups excluding carboxylic acids is 1. The first-order valence-corrected chi connectivity index (χ1v) is 6.60. The molecule has 1 aliphatic rings. The lowest BCUT2D eigenvalue weighted by atomic mass is 10.0. The van der Waals surface area contributed by atoms with Crippen LogP contribution in [0.5, 0.6) is 5.88 Å². The summed E-state index contributed by atoms with van der Waals surface area (Å²) < 4.78 is 5.13. The van der Waals surface area contributed by atoms with E-state index >= 15 is 0 Å². The van der Waals surface area contributed by atoms with Crippen LogP contribution in [0.4, 0.5) is 0 Å². The van der Waals surface area contributed by atoms with Crippen LogP contribution in [0, 0.1) is 6.92 Å². The highest BCUT2D eigenvalue weighted by Crippen LogP contribution is 2.23. The molecule has 1 amide bonds. The van der Waals surface area contributed by atoms with Crippen LogP contribution in [0.3, 0.4) is 0 Å². The minimum absolute atomic E-state index is 0.240. The standard InChI is InChI=1S/C14H18N2O4/c1-9-6-7-10(12(15-9)20-2)13(17)16-8-4-3-5-11(16)14(18)19/h6-7,11H,3-5,8H2,1-2H3,(H,18,19). The van der Waals surface area contributed by atoms with E-state index in [-0.39, 0.29) is 11.8 Å². The zero-order chi connectivity index (χ0) is 14.7. The molecule has 1 aromatic heterocycles. The molecule has 20 heavy (non-hydrogen) atoms. The minimum Gasteiger partial charge on any atom is -0.480 e. The second-order valence-corrected chi connectivity index (χ2v) is 4.86. The van der Waals surface area contributed by atoms with Gasteiger partial charge in [0.2, 0.25) is 5.88 Å². The highest BCUT2D eigenvalue weighted by molar-refractivity contribution is 5.98. The lowest BCUT2D eigenvalue weighted by molar-refractivity contribution is -0.143. The Morgan fingerprint density at radius 2 is 2.15 bits per heavy atom. The van der Waals surface area contributed by atoms with Crippen molar-refractivity contribution in [1.82, 2.24) is 9.88 Å². The fourth-order valence-corrected chi connectivity index (χ4v) is 2.44. The molecule has 1 unspecified atom stereocenters. The van der Waals surface area contributed by atoms with Crippen molar-refractivity contribution < 1.29 is 19.4 Å². The van der Waals surface area contributed by atoms with Crippen molar-refractivity contribution >= 4 is 11.9 Å². The van der Waals surface area contributed by atoms with Gasteiger partial charge in [0.05, 0.1) is 7.11 Å². The summed E-state index contributed by atoms with van der Waals surface area (Å²) in [5.41, 5.74) is 1.05. The van der Waals surface area contributed by atoms with Gasteiger partial charge >= 0.3 is 5.97 Å². The van der Waals surface area contributed by atoms with E-state index in [0.29, 0.717) is 18.5 Å². The third-order valence-corrected chi connectivity index (χ3v) is 3.47. The number of carboxylic acid groups (broad SMARTS) is 1. The first kappa shape index (κ1) is 14.3. The lowest BCUT2D eigenvalue weighted by Crippen LogP contribution is -2.48. The Morgan fingerprint density at radius 3 is 2.80 bits per heavy atom. The van der Waals surface area contributed by atoms with E-state index in [1.54, 1.807) is 19.1 Å². The number of carboxylic acids is 1. The van der Waals surface area contributed by atoms with Crippen molar-refractivity contribution in [1.29, 1.82) is 0 Å². The van der Waals surface area contributed by atoms with Gasteiger partial charge in [-0.3, -0.25) is 4.79 Å². The predicted octanol–water partition coefficient (Wildman–Crippen LogP) is 1.48. The molecule has 2 heterocycles. The summed E-state index contributed by atoms with van der Waals surface area (Å²) in [6.45, 7) is 2.25. The summed E-state index contributed by atoms with van der Waals surface area (Å²) in [7, 11) is 1.45. The molecule has 0 spiro atoms. The lowest BCUT2D eigenvalue weighted by Gasteiger charge is -2.33. The number of pyridine rings is 1. The van der Waals surface area contributed by atoms with Gasteiger partial charge in [0.25, 0.3) is 5.91 Å². The number of amides is 1. The number of piperidine rings is 1. The summed E-state index contributed by atoms with van der Waals surface area (Å²) in [6, 6.07) is 2.59. The largest absolute Gasteiger partial charge is 0.480 e. The van der Waals surface area contributed by atoms with Gasteiger partial charge in [0, 0.05) is 12.2 Å². The Labute approximate surface area is 117 Å². The molecular weight excluding hydrogens is 260 g/mol. The molecule has 1 atom stereocenters. The number of aromatic nitrogens is 1. The summed E-state index contributed by atoms with van der Waals surface area (Å²) in [6.07, 6.45) is 2.13. The van der Waals surface area contributed by atoms with Gasteiger partial charge in [-0.2, -0.15) is 0 Å². The molecule has 0 saturated carbocycles. The summed E-state index contributed by atoms with van der Waals surface area (Å²) in [4.78, 5) is 29.4. The van der Waals surface area contributed by atoms with E-state index in [0.717, 1.165) is 18.5 Å². The van der Waals surface area contributed by atoms with Crippen molar-refractivity contribution in [3.8, 4) is 5.88 Å². The van der Waals surface area contributed by atoms with E-state index in [1.165, 1.54) is 12.0 Å². The van der Waals surface area contributed by atoms with Crippen LogP contribution < -0.4 is 4.74 Å². The number of methoxy groups -OCH3 is 1. The molecule has 1 saturated heterocycles. The number of nitrogens with zero attached hydrogens (tertiary/aromatic N) is 2. The molecule has 2 rings (SSSR count). The van der Waals surface area contributed by atoms with Crippen LogP contribution in [0.1, 0.15) is 35.3 Å². The van der Waals surface area contributed by atoms with Gasteiger partial charge in [0.1, 0.15) is 11.6 Å². The maximum absolute atomic E-state index is 12.5. The Bertz CT molecular complexity index is 530.